The molecule has 0 saturated heterocycles. The zero-order chi connectivity index (χ0) is 37.9. The number of amides is 1. The minimum atomic E-state index is -4.56. The van der Waals surface area contributed by atoms with Crippen molar-refractivity contribution in [2.75, 3.05) is 40.9 Å². The summed E-state index contributed by atoms with van der Waals surface area (Å²) < 4.78 is 23.2. The molecule has 51 heavy (non-hydrogen) atoms. The van der Waals surface area contributed by atoms with Gasteiger partial charge in [-0.05, 0) is 38.5 Å². The first kappa shape index (κ1) is 50.2. The van der Waals surface area contributed by atoms with Crippen molar-refractivity contribution in [3.05, 3.63) is 12.2 Å². The van der Waals surface area contributed by atoms with Crippen LogP contribution in [0.25, 0.3) is 0 Å². The standard InChI is InChI=1S/C42H85N2O6P/c1-6-8-10-12-14-16-18-20-22-24-26-28-30-32-34-36-42(46)43-40(39-50-51(47,48)49-38-37-44(3,4)5)41(45)35-33-31-29-27-25-23-21-19-17-15-13-11-9-7-2/h20,22,40-41,45H,6-19,21,23-39H2,1-5H3,(H-,43,46,47,48)/b22-20-/t40-,41+/m0/s1. The smallest absolute Gasteiger partial charge is 0.268 e. The van der Waals surface area contributed by atoms with E-state index in [0.717, 1.165) is 51.4 Å². The van der Waals surface area contributed by atoms with Gasteiger partial charge in [-0.25, -0.2) is 0 Å². The number of aliphatic hydroxyl groups is 1. The molecule has 304 valence electrons. The Morgan fingerprint density at radius 3 is 1.53 bits per heavy atom. The van der Waals surface area contributed by atoms with Crippen LogP contribution in [0.3, 0.4) is 0 Å². The van der Waals surface area contributed by atoms with Crippen LogP contribution in [-0.2, 0) is 18.4 Å². The van der Waals surface area contributed by atoms with Crippen LogP contribution in [-0.4, -0.2) is 68.5 Å². The maximum atomic E-state index is 12.8. The molecular formula is C42H85N2O6P. The fourth-order valence-corrected chi connectivity index (χ4v) is 6.99. The second kappa shape index (κ2) is 35.0. The number of unbranched alkanes of at least 4 members (excludes halogenated alkanes) is 24. The van der Waals surface area contributed by atoms with Crippen molar-refractivity contribution < 1.29 is 32.9 Å². The van der Waals surface area contributed by atoms with Crippen molar-refractivity contribution in [2.24, 2.45) is 0 Å². The van der Waals surface area contributed by atoms with E-state index in [9.17, 15) is 19.4 Å². The lowest BCUT2D eigenvalue weighted by Crippen LogP contribution is -2.46. The zero-order valence-corrected chi connectivity index (χ0v) is 35.2. The third-order valence-corrected chi connectivity index (χ3v) is 10.7. The molecule has 0 radical (unpaired) electrons. The largest absolute Gasteiger partial charge is 0.756 e. The highest BCUT2D eigenvalue weighted by molar-refractivity contribution is 7.45. The molecule has 0 rings (SSSR count). The maximum Gasteiger partial charge on any atom is 0.268 e. The summed E-state index contributed by atoms with van der Waals surface area (Å²) in [6.07, 6.45) is 37.7. The number of nitrogens with zero attached hydrogens (tertiary/aromatic N) is 1. The predicted octanol–water partition coefficient (Wildman–Crippen LogP) is 10.9. The van der Waals surface area contributed by atoms with Crippen LogP contribution in [0.5, 0.6) is 0 Å². The molecule has 2 N–H and O–H groups in total. The quantitative estimate of drug-likeness (QED) is 0.0281. The average molecular weight is 745 g/mol. The van der Waals surface area contributed by atoms with E-state index in [0.29, 0.717) is 23.9 Å². The SMILES string of the molecule is CCCCCCCC/C=C\CCCCCCCC(=O)N[C@@H](COP(=O)([O-])OCC[N+](C)(C)C)[C@H](O)CCCCCCCCCCCCCCCC. The first-order valence-corrected chi connectivity index (χ1v) is 23.0. The number of aliphatic hydroxyl groups excluding tert-OH is 1. The average Bonchev–Trinajstić information content (AvgIpc) is 3.07. The van der Waals surface area contributed by atoms with Gasteiger partial charge in [-0.1, -0.05) is 167 Å². The topological polar surface area (TPSA) is 108 Å². The van der Waals surface area contributed by atoms with Crippen molar-refractivity contribution in [2.45, 2.75) is 212 Å². The van der Waals surface area contributed by atoms with Crippen molar-refractivity contribution in [3.63, 3.8) is 0 Å². The number of nitrogens with one attached hydrogen (secondary N) is 1. The van der Waals surface area contributed by atoms with E-state index in [1.807, 2.05) is 21.1 Å². The molecule has 0 aromatic heterocycles. The fraction of sp³-hybridized carbons (Fsp3) is 0.929. The Kier molecular flexibility index (Phi) is 34.5. The number of quaternary nitrogens is 1. The Balaban J connectivity index is 4.40. The van der Waals surface area contributed by atoms with Gasteiger partial charge in [-0.2, -0.15) is 0 Å². The lowest BCUT2D eigenvalue weighted by Gasteiger charge is -2.30. The molecule has 3 atom stereocenters. The molecule has 0 heterocycles. The molecular weight excluding hydrogens is 659 g/mol. The summed E-state index contributed by atoms with van der Waals surface area (Å²) >= 11 is 0. The molecule has 9 heteroatoms. The van der Waals surface area contributed by atoms with Gasteiger partial charge in [0.05, 0.1) is 39.9 Å². The van der Waals surface area contributed by atoms with Crippen LogP contribution in [0.15, 0.2) is 12.2 Å². The fourth-order valence-electron chi connectivity index (χ4n) is 6.27. The molecule has 0 aliphatic carbocycles. The number of hydrogen-bond donors (Lipinski definition) is 2. The summed E-state index contributed by atoms with van der Waals surface area (Å²) in [5, 5.41) is 13.9. The van der Waals surface area contributed by atoms with Crippen LogP contribution >= 0.6 is 7.82 Å². The lowest BCUT2D eigenvalue weighted by molar-refractivity contribution is -0.870. The van der Waals surface area contributed by atoms with Crippen LogP contribution in [0.4, 0.5) is 0 Å². The first-order chi connectivity index (χ1) is 24.5. The Bertz CT molecular complexity index is 850. The van der Waals surface area contributed by atoms with E-state index < -0.39 is 20.0 Å². The number of hydrogen-bond acceptors (Lipinski definition) is 6. The zero-order valence-electron chi connectivity index (χ0n) is 34.3. The Morgan fingerprint density at radius 2 is 1.08 bits per heavy atom. The van der Waals surface area contributed by atoms with E-state index in [-0.39, 0.29) is 19.1 Å². The normalized spacial score (nSPS) is 14.6. The molecule has 0 spiro atoms. The van der Waals surface area contributed by atoms with Gasteiger partial charge < -0.3 is 28.8 Å². The molecule has 1 amide bonds. The third-order valence-electron chi connectivity index (χ3n) is 9.75. The Morgan fingerprint density at radius 1 is 0.667 bits per heavy atom. The number of allylic oxidation sites excluding steroid dienone is 2. The van der Waals surface area contributed by atoms with Gasteiger partial charge >= 0.3 is 0 Å². The third kappa shape index (κ3) is 37.4. The number of phosphoric ester groups is 1. The van der Waals surface area contributed by atoms with Crippen molar-refractivity contribution in [1.82, 2.24) is 5.32 Å². The van der Waals surface area contributed by atoms with E-state index in [2.05, 4.69) is 31.3 Å². The highest BCUT2D eigenvalue weighted by Crippen LogP contribution is 2.38. The molecule has 1 unspecified atom stereocenters. The van der Waals surface area contributed by atoms with Gasteiger partial charge in [-0.3, -0.25) is 9.36 Å². The number of likely N-dealkylation sites (N-methyl/N-ethyl adjacent to an activating group) is 1. The van der Waals surface area contributed by atoms with E-state index in [1.54, 1.807) is 0 Å². The number of carbonyl (C=O) groups excluding carboxylic acids is 1. The van der Waals surface area contributed by atoms with Gasteiger partial charge in [0, 0.05) is 6.42 Å². The molecule has 0 bridgehead atoms. The summed E-state index contributed by atoms with van der Waals surface area (Å²) in [5.74, 6) is -0.173. The van der Waals surface area contributed by atoms with E-state index in [1.165, 1.54) is 122 Å². The molecule has 0 aromatic rings. The summed E-state index contributed by atoms with van der Waals surface area (Å²) in [6, 6.07) is -0.799. The summed E-state index contributed by atoms with van der Waals surface area (Å²) in [7, 11) is 1.30. The highest BCUT2D eigenvalue weighted by atomic mass is 31.2. The molecule has 8 nitrogen and oxygen atoms in total. The Hall–Kier alpha value is -0.760. The van der Waals surface area contributed by atoms with Crippen molar-refractivity contribution >= 4 is 13.7 Å². The first-order valence-electron chi connectivity index (χ1n) is 21.5. The van der Waals surface area contributed by atoms with Crippen LogP contribution in [0, 0.1) is 0 Å². The highest BCUT2D eigenvalue weighted by Gasteiger charge is 2.24. The molecule has 0 aliphatic rings. The molecule has 0 fully saturated rings. The van der Waals surface area contributed by atoms with Crippen LogP contribution < -0.4 is 10.2 Å². The monoisotopic (exact) mass is 745 g/mol. The number of phosphoric acid groups is 1. The molecule has 0 saturated carbocycles. The number of rotatable bonds is 39. The second-order valence-corrected chi connectivity index (χ2v) is 17.5. The second-order valence-electron chi connectivity index (χ2n) is 16.1. The molecule has 0 aromatic carbocycles. The van der Waals surface area contributed by atoms with E-state index >= 15 is 0 Å². The van der Waals surface area contributed by atoms with Gasteiger partial charge in [0.2, 0.25) is 5.91 Å². The van der Waals surface area contributed by atoms with Crippen LogP contribution in [0.1, 0.15) is 200 Å². The number of carbonyl (C=O) groups is 1. The van der Waals surface area contributed by atoms with Gasteiger partial charge in [0.15, 0.2) is 0 Å². The lowest BCUT2D eigenvalue weighted by atomic mass is 10.0. The van der Waals surface area contributed by atoms with Crippen molar-refractivity contribution in [3.8, 4) is 0 Å². The minimum absolute atomic E-state index is 0.0123. The van der Waals surface area contributed by atoms with Gasteiger partial charge in [-0.15, -0.1) is 0 Å². The summed E-state index contributed by atoms with van der Waals surface area (Å²) in [6.45, 7) is 4.71. The summed E-state index contributed by atoms with van der Waals surface area (Å²) in [4.78, 5) is 25.3. The van der Waals surface area contributed by atoms with E-state index in [4.69, 9.17) is 9.05 Å². The summed E-state index contributed by atoms with van der Waals surface area (Å²) in [5.41, 5.74) is 0. The van der Waals surface area contributed by atoms with Gasteiger partial charge in [0.1, 0.15) is 13.2 Å². The Labute approximate surface area is 316 Å². The van der Waals surface area contributed by atoms with Crippen molar-refractivity contribution in [1.29, 1.82) is 0 Å². The molecule has 0 aliphatic heterocycles. The maximum absolute atomic E-state index is 12.8. The van der Waals surface area contributed by atoms with Gasteiger partial charge in [0.25, 0.3) is 7.82 Å². The minimum Gasteiger partial charge on any atom is -0.756 e. The predicted molar refractivity (Wildman–Crippen MR) is 215 cm³/mol. The van der Waals surface area contributed by atoms with Crippen LogP contribution in [0.2, 0.25) is 0 Å².